The van der Waals surface area contributed by atoms with E-state index in [-0.39, 0.29) is 0 Å². The lowest BCUT2D eigenvalue weighted by Gasteiger charge is -2.25. The van der Waals surface area contributed by atoms with Crippen LogP contribution in [0.5, 0.6) is 11.6 Å². The number of rotatable bonds is 2. The van der Waals surface area contributed by atoms with E-state index in [9.17, 15) is 4.79 Å². The highest BCUT2D eigenvalue weighted by atomic mass is 16.5. The molecule has 0 radical (unpaired) electrons. The van der Waals surface area contributed by atoms with Gasteiger partial charge in [0, 0.05) is 18.0 Å². The average Bonchev–Trinajstić information content (AvgIpc) is 3.54. The number of furan rings is 1. The molecule has 0 aliphatic carbocycles. The van der Waals surface area contributed by atoms with E-state index in [0.29, 0.717) is 51.0 Å². The van der Waals surface area contributed by atoms with Gasteiger partial charge in [0.2, 0.25) is 5.88 Å². The highest BCUT2D eigenvalue weighted by molar-refractivity contribution is 5.86. The number of hydrogen-bond donors (Lipinski definition) is 0. The smallest absolute Gasteiger partial charge is 0.344 e. The maximum Gasteiger partial charge on any atom is 0.344 e. The molecule has 0 N–H and O–H groups in total. The zero-order valence-corrected chi connectivity index (χ0v) is 16.9. The summed E-state index contributed by atoms with van der Waals surface area (Å²) in [5.74, 6) is 1.15. The topological polar surface area (TPSA) is 109 Å². The fourth-order valence-electron chi connectivity index (χ4n) is 4.29. The van der Waals surface area contributed by atoms with E-state index in [1.165, 1.54) is 0 Å². The summed E-state index contributed by atoms with van der Waals surface area (Å²) in [7, 11) is 0. The fraction of sp³-hybridized carbons (Fsp3) is 0.0417. The quantitative estimate of drug-likeness (QED) is 0.372. The third kappa shape index (κ3) is 2.56. The molecule has 6 heterocycles. The fourth-order valence-corrected chi connectivity index (χ4v) is 4.29. The Balaban J connectivity index is 1.56. The molecule has 0 spiro atoms. The Kier molecular flexibility index (Phi) is 3.57. The summed E-state index contributed by atoms with van der Waals surface area (Å²) in [6.07, 6.45) is 6.46. The number of nitrogens with zero attached hydrogens (tertiary/aromatic N) is 5. The van der Waals surface area contributed by atoms with Gasteiger partial charge in [-0.3, -0.25) is 4.98 Å². The maximum atomic E-state index is 13.2. The van der Waals surface area contributed by atoms with Gasteiger partial charge >= 0.3 is 5.63 Å². The van der Waals surface area contributed by atoms with Gasteiger partial charge in [-0.1, -0.05) is 12.1 Å². The van der Waals surface area contributed by atoms with Crippen molar-refractivity contribution in [3.63, 3.8) is 0 Å². The van der Waals surface area contributed by atoms with Crippen molar-refractivity contribution in [2.75, 3.05) is 0 Å². The molecule has 7 rings (SSSR count). The summed E-state index contributed by atoms with van der Waals surface area (Å²) in [5.41, 5.74) is 2.15. The normalized spacial score (nSPS) is 14.7. The minimum Gasteiger partial charge on any atom is -0.468 e. The summed E-state index contributed by atoms with van der Waals surface area (Å²) < 4.78 is 19.2. The van der Waals surface area contributed by atoms with Crippen molar-refractivity contribution in [2.45, 2.75) is 5.92 Å². The van der Waals surface area contributed by atoms with Crippen molar-refractivity contribution in [3.8, 4) is 23.0 Å². The zero-order chi connectivity index (χ0) is 21.9. The molecule has 0 amide bonds. The van der Waals surface area contributed by atoms with Crippen LogP contribution in [-0.2, 0) is 0 Å². The molecule has 33 heavy (non-hydrogen) atoms. The first kappa shape index (κ1) is 17.8. The molecular weight excluding hydrogens is 422 g/mol. The van der Waals surface area contributed by atoms with E-state index >= 15 is 0 Å². The summed E-state index contributed by atoms with van der Waals surface area (Å²) >= 11 is 0. The second kappa shape index (κ2) is 6.60. The van der Waals surface area contributed by atoms with Gasteiger partial charge < -0.3 is 13.6 Å². The average molecular weight is 435 g/mol. The van der Waals surface area contributed by atoms with E-state index in [4.69, 9.17) is 18.6 Å². The monoisotopic (exact) mass is 435 g/mol. The highest BCUT2D eigenvalue weighted by Gasteiger charge is 2.39. The Morgan fingerprint density at radius 2 is 1.85 bits per heavy atom. The van der Waals surface area contributed by atoms with Gasteiger partial charge in [-0.15, -0.1) is 5.10 Å². The summed E-state index contributed by atoms with van der Waals surface area (Å²) in [6.45, 7) is 0. The minimum atomic E-state index is -0.634. The predicted octanol–water partition coefficient (Wildman–Crippen LogP) is 4.17. The van der Waals surface area contributed by atoms with Gasteiger partial charge in [0.25, 0.3) is 0 Å². The van der Waals surface area contributed by atoms with Crippen LogP contribution in [0.1, 0.15) is 22.8 Å². The van der Waals surface area contributed by atoms with Crippen LogP contribution in [0.2, 0.25) is 0 Å². The highest BCUT2D eigenvalue weighted by Crippen LogP contribution is 2.48. The molecular formula is C24H13N5O4. The number of benzene rings is 1. The van der Waals surface area contributed by atoms with Crippen LogP contribution >= 0.6 is 0 Å². The first-order valence-corrected chi connectivity index (χ1v) is 10.2. The molecule has 6 aromatic rings. The number of ether oxygens (including phenoxy) is 1. The van der Waals surface area contributed by atoms with Gasteiger partial charge in [0.1, 0.15) is 17.7 Å². The first-order chi connectivity index (χ1) is 16.3. The third-order valence-electron chi connectivity index (χ3n) is 5.73. The molecule has 9 heteroatoms. The largest absolute Gasteiger partial charge is 0.468 e. The third-order valence-corrected chi connectivity index (χ3v) is 5.73. The van der Waals surface area contributed by atoms with Crippen molar-refractivity contribution in [3.05, 3.63) is 101 Å². The molecule has 1 aromatic carbocycles. The molecule has 0 saturated carbocycles. The number of fused-ring (bicyclic) bond motifs is 6. The van der Waals surface area contributed by atoms with Gasteiger partial charge in [0.15, 0.2) is 17.2 Å². The SMILES string of the molecule is O=c1oc2ccccc2c2c1C(c1ccco1)c1c(ncn3nc(-c4ccncc4)nc13)O2. The van der Waals surface area contributed by atoms with Crippen molar-refractivity contribution >= 4 is 16.6 Å². The number of pyridine rings is 1. The van der Waals surface area contributed by atoms with E-state index in [0.717, 1.165) is 5.56 Å². The maximum absolute atomic E-state index is 13.2. The minimum absolute atomic E-state index is 0.333. The van der Waals surface area contributed by atoms with Crippen LogP contribution in [0.25, 0.3) is 28.0 Å². The second-order valence-corrected chi connectivity index (χ2v) is 7.58. The van der Waals surface area contributed by atoms with Gasteiger partial charge in [0.05, 0.1) is 28.7 Å². The van der Waals surface area contributed by atoms with Gasteiger partial charge in [-0.25, -0.2) is 19.3 Å². The lowest BCUT2D eigenvalue weighted by atomic mass is 9.88. The molecule has 0 bridgehead atoms. The first-order valence-electron chi connectivity index (χ1n) is 10.2. The molecule has 1 unspecified atom stereocenters. The van der Waals surface area contributed by atoms with Crippen LogP contribution < -0.4 is 10.4 Å². The summed E-state index contributed by atoms with van der Waals surface area (Å²) in [6, 6.07) is 14.5. The number of hydrogen-bond acceptors (Lipinski definition) is 8. The van der Waals surface area contributed by atoms with E-state index in [1.807, 2.05) is 30.3 Å². The van der Waals surface area contributed by atoms with Crippen molar-refractivity contribution in [1.29, 1.82) is 0 Å². The molecule has 0 fully saturated rings. The van der Waals surface area contributed by atoms with Crippen LogP contribution in [0.15, 0.2) is 87.1 Å². The molecule has 0 saturated heterocycles. The Morgan fingerprint density at radius 3 is 2.70 bits per heavy atom. The van der Waals surface area contributed by atoms with Crippen molar-refractivity contribution in [2.24, 2.45) is 0 Å². The summed E-state index contributed by atoms with van der Waals surface area (Å²) in [4.78, 5) is 26.5. The Morgan fingerprint density at radius 1 is 0.970 bits per heavy atom. The van der Waals surface area contributed by atoms with E-state index < -0.39 is 11.5 Å². The number of aromatic nitrogens is 5. The molecule has 1 aliphatic heterocycles. The molecule has 1 aliphatic rings. The van der Waals surface area contributed by atoms with E-state index in [1.54, 1.807) is 47.7 Å². The molecule has 158 valence electrons. The second-order valence-electron chi connectivity index (χ2n) is 7.58. The molecule has 9 nitrogen and oxygen atoms in total. The summed E-state index contributed by atoms with van der Waals surface area (Å²) in [5, 5.41) is 5.24. The lowest BCUT2D eigenvalue weighted by Crippen LogP contribution is -2.22. The Hall–Kier alpha value is -4.79. The van der Waals surface area contributed by atoms with E-state index in [2.05, 4.69) is 15.1 Å². The zero-order valence-electron chi connectivity index (χ0n) is 16.9. The van der Waals surface area contributed by atoms with Crippen LogP contribution in [0, 0.1) is 0 Å². The Bertz CT molecular complexity index is 1720. The van der Waals surface area contributed by atoms with Crippen molar-refractivity contribution < 1.29 is 13.6 Å². The van der Waals surface area contributed by atoms with Crippen molar-refractivity contribution in [1.82, 2.24) is 24.6 Å². The Labute approximate surface area is 184 Å². The number of para-hydroxylation sites is 1. The molecule has 5 aromatic heterocycles. The standard InChI is InChI=1S/C24H13N5O4/c30-24-18-17(16-6-3-11-31-16)19-22-27-21(13-7-9-25-10-8-13)28-29(22)12-26-23(19)33-20(18)14-4-1-2-5-15(14)32-24/h1-12,17H. The van der Waals surface area contributed by atoms with Crippen LogP contribution in [-0.4, -0.2) is 24.6 Å². The predicted molar refractivity (Wildman–Crippen MR) is 116 cm³/mol. The lowest BCUT2D eigenvalue weighted by molar-refractivity contribution is 0.406. The van der Waals surface area contributed by atoms with Gasteiger partial charge in [-0.2, -0.15) is 0 Å². The van der Waals surface area contributed by atoms with Crippen LogP contribution in [0.4, 0.5) is 0 Å². The van der Waals surface area contributed by atoms with Gasteiger partial charge in [-0.05, 0) is 36.4 Å². The van der Waals surface area contributed by atoms with Crippen LogP contribution in [0.3, 0.4) is 0 Å². The molecule has 1 atom stereocenters.